The maximum Gasteiger partial charge on any atom is 0.329 e. The van der Waals surface area contributed by atoms with E-state index in [1.54, 1.807) is 11.6 Å². The van der Waals surface area contributed by atoms with Crippen LogP contribution in [0, 0.1) is 6.92 Å². The first-order valence-corrected chi connectivity index (χ1v) is 7.03. The second kappa shape index (κ2) is 3.63. The normalized spacial score (nSPS) is 16.7. The molecule has 21 heavy (non-hydrogen) atoms. The van der Waals surface area contributed by atoms with Crippen LogP contribution in [0.1, 0.15) is 25.5 Å². The average Bonchev–Trinajstić information content (AvgIpc) is 3.14. The van der Waals surface area contributed by atoms with Crippen molar-refractivity contribution in [2.24, 2.45) is 7.05 Å². The van der Waals surface area contributed by atoms with Crippen molar-refractivity contribution < 1.29 is 0 Å². The molecule has 0 saturated heterocycles. The molecule has 4 rings (SSSR count). The number of aromatic nitrogens is 4. The Morgan fingerprint density at radius 1 is 1.19 bits per heavy atom. The molecular weight excluding hydrogens is 268 g/mol. The van der Waals surface area contributed by atoms with Crippen molar-refractivity contribution in [3.63, 3.8) is 0 Å². The molecule has 6 heteroatoms. The second-order valence-corrected chi connectivity index (χ2v) is 6.20. The quantitative estimate of drug-likeness (QED) is 0.734. The number of imidazole rings is 1. The van der Waals surface area contributed by atoms with Gasteiger partial charge < -0.3 is 0 Å². The van der Waals surface area contributed by atoms with Gasteiger partial charge in [0.15, 0.2) is 0 Å². The number of fused-ring (bicyclic) bond motifs is 2. The Morgan fingerprint density at radius 3 is 2.52 bits per heavy atom. The lowest BCUT2D eigenvalue weighted by Gasteiger charge is -2.10. The fourth-order valence-electron chi connectivity index (χ4n) is 3.05. The summed E-state index contributed by atoms with van der Waals surface area (Å²) in [7, 11) is 1.77. The number of nitrogens with zero attached hydrogens (tertiary/aromatic N) is 3. The highest BCUT2D eigenvalue weighted by molar-refractivity contribution is 5.96. The predicted octanol–water partition coefficient (Wildman–Crippen LogP) is 1.39. The van der Waals surface area contributed by atoms with E-state index in [1.165, 1.54) is 0 Å². The van der Waals surface area contributed by atoms with Crippen LogP contribution >= 0.6 is 0 Å². The van der Waals surface area contributed by atoms with Gasteiger partial charge in [0.2, 0.25) is 0 Å². The third kappa shape index (κ3) is 1.50. The van der Waals surface area contributed by atoms with Gasteiger partial charge in [-0.15, -0.1) is 0 Å². The summed E-state index contributed by atoms with van der Waals surface area (Å²) in [6.45, 7) is 3.93. The first kappa shape index (κ1) is 12.4. The smallest absolute Gasteiger partial charge is 0.295 e. The van der Waals surface area contributed by atoms with Crippen molar-refractivity contribution >= 4 is 21.8 Å². The van der Waals surface area contributed by atoms with Crippen LogP contribution in [-0.2, 0) is 12.6 Å². The van der Waals surface area contributed by atoms with Crippen molar-refractivity contribution in [1.82, 2.24) is 19.3 Å². The highest BCUT2D eigenvalue weighted by atomic mass is 16.2. The van der Waals surface area contributed by atoms with Gasteiger partial charge in [-0.05, 0) is 38.8 Å². The van der Waals surface area contributed by atoms with Gasteiger partial charge in [-0.25, -0.2) is 9.89 Å². The van der Waals surface area contributed by atoms with Crippen molar-refractivity contribution in [3.05, 3.63) is 38.7 Å². The molecule has 0 unspecified atom stereocenters. The standard InChI is InChI=1S/C15H16N4O2/c1-8-9-6-11-12(7-10(9)13(20)17-16-8)19(14(21)18(11)3)15(2)4-5-15/h6-7H,4-5H2,1-3H3,(H,17,20). The molecule has 0 spiro atoms. The minimum Gasteiger partial charge on any atom is -0.295 e. The summed E-state index contributed by atoms with van der Waals surface area (Å²) < 4.78 is 3.48. The van der Waals surface area contributed by atoms with Crippen LogP contribution in [0.5, 0.6) is 0 Å². The van der Waals surface area contributed by atoms with Gasteiger partial charge in [0.25, 0.3) is 5.56 Å². The van der Waals surface area contributed by atoms with E-state index in [0.717, 1.165) is 35.0 Å². The molecule has 1 N–H and O–H groups in total. The molecule has 6 nitrogen and oxygen atoms in total. The van der Waals surface area contributed by atoms with Gasteiger partial charge in [-0.3, -0.25) is 13.9 Å². The molecule has 0 atom stereocenters. The molecule has 0 aliphatic heterocycles. The third-order valence-corrected chi connectivity index (χ3v) is 4.67. The van der Waals surface area contributed by atoms with E-state index in [9.17, 15) is 9.59 Å². The lowest BCUT2D eigenvalue weighted by Crippen LogP contribution is -2.29. The van der Waals surface area contributed by atoms with Crippen LogP contribution in [-0.4, -0.2) is 19.3 Å². The summed E-state index contributed by atoms with van der Waals surface area (Å²) in [5.74, 6) is 0. The summed E-state index contributed by atoms with van der Waals surface area (Å²) in [4.78, 5) is 24.6. The topological polar surface area (TPSA) is 72.7 Å². The molecule has 1 saturated carbocycles. The molecule has 3 aromatic rings. The number of hydrogen-bond donors (Lipinski definition) is 1. The van der Waals surface area contributed by atoms with Crippen LogP contribution in [0.4, 0.5) is 0 Å². The SMILES string of the molecule is Cc1n[nH]c(=O)c2cc3c(cc12)n(C)c(=O)n3C1(C)CC1. The largest absolute Gasteiger partial charge is 0.329 e. The van der Waals surface area contributed by atoms with Gasteiger partial charge in [0.05, 0.1) is 22.1 Å². The molecule has 1 aliphatic carbocycles. The Hall–Kier alpha value is -2.37. The zero-order valence-electron chi connectivity index (χ0n) is 12.2. The van der Waals surface area contributed by atoms with E-state index in [-0.39, 0.29) is 16.8 Å². The Balaban J connectivity index is 2.26. The van der Waals surface area contributed by atoms with Gasteiger partial charge in [0.1, 0.15) is 0 Å². The number of nitrogens with one attached hydrogen (secondary N) is 1. The minimum absolute atomic E-state index is 0.0256. The van der Waals surface area contributed by atoms with Crippen LogP contribution in [0.15, 0.2) is 21.7 Å². The van der Waals surface area contributed by atoms with E-state index in [4.69, 9.17) is 0 Å². The van der Waals surface area contributed by atoms with Crippen LogP contribution < -0.4 is 11.2 Å². The Labute approximate surface area is 120 Å². The Kier molecular flexibility index (Phi) is 2.14. The van der Waals surface area contributed by atoms with Crippen molar-refractivity contribution in [2.75, 3.05) is 0 Å². The number of aryl methyl sites for hydroxylation is 2. The van der Waals surface area contributed by atoms with E-state index in [1.807, 2.05) is 23.6 Å². The second-order valence-electron chi connectivity index (χ2n) is 6.20. The highest BCUT2D eigenvalue weighted by Gasteiger charge is 2.42. The third-order valence-electron chi connectivity index (χ3n) is 4.67. The molecule has 1 aliphatic rings. The zero-order chi connectivity index (χ0) is 14.9. The highest BCUT2D eigenvalue weighted by Crippen LogP contribution is 2.43. The van der Waals surface area contributed by atoms with Gasteiger partial charge in [-0.2, -0.15) is 5.10 Å². The van der Waals surface area contributed by atoms with E-state index in [2.05, 4.69) is 17.1 Å². The Morgan fingerprint density at radius 2 is 1.86 bits per heavy atom. The summed E-state index contributed by atoms with van der Waals surface area (Å²) in [5, 5.41) is 7.88. The molecule has 1 fully saturated rings. The molecular formula is C15H16N4O2. The van der Waals surface area contributed by atoms with Crippen molar-refractivity contribution in [2.45, 2.75) is 32.2 Å². The maximum absolute atomic E-state index is 12.5. The van der Waals surface area contributed by atoms with Crippen LogP contribution in [0.25, 0.3) is 21.8 Å². The minimum atomic E-state index is -0.221. The molecule has 1 aromatic carbocycles. The van der Waals surface area contributed by atoms with Gasteiger partial charge >= 0.3 is 5.69 Å². The number of rotatable bonds is 1. The Bertz CT molecular complexity index is 1020. The number of H-pyrrole nitrogens is 1. The first-order chi connectivity index (χ1) is 9.92. The van der Waals surface area contributed by atoms with Gasteiger partial charge in [0, 0.05) is 18.0 Å². The number of benzene rings is 1. The number of aromatic amines is 1. The molecule has 2 aromatic heterocycles. The summed E-state index contributed by atoms with van der Waals surface area (Å²) in [6, 6.07) is 3.72. The average molecular weight is 284 g/mol. The molecule has 2 heterocycles. The summed E-state index contributed by atoms with van der Waals surface area (Å²) in [6.07, 6.45) is 1.99. The fraction of sp³-hybridized carbons (Fsp3) is 0.400. The zero-order valence-corrected chi connectivity index (χ0v) is 12.2. The fourth-order valence-corrected chi connectivity index (χ4v) is 3.05. The number of hydrogen-bond acceptors (Lipinski definition) is 3. The summed E-state index contributed by atoms with van der Waals surface area (Å²) in [5.41, 5.74) is 2.06. The molecule has 108 valence electrons. The monoisotopic (exact) mass is 284 g/mol. The van der Waals surface area contributed by atoms with Crippen LogP contribution in [0.2, 0.25) is 0 Å². The van der Waals surface area contributed by atoms with Crippen molar-refractivity contribution in [3.8, 4) is 0 Å². The first-order valence-electron chi connectivity index (χ1n) is 7.03. The van der Waals surface area contributed by atoms with Crippen molar-refractivity contribution in [1.29, 1.82) is 0 Å². The maximum atomic E-state index is 12.5. The van der Waals surface area contributed by atoms with Gasteiger partial charge in [-0.1, -0.05) is 0 Å². The summed E-state index contributed by atoms with van der Waals surface area (Å²) >= 11 is 0. The molecule has 0 radical (unpaired) electrons. The lowest BCUT2D eigenvalue weighted by atomic mass is 10.1. The lowest BCUT2D eigenvalue weighted by molar-refractivity contribution is 0.521. The molecule has 0 amide bonds. The predicted molar refractivity (Wildman–Crippen MR) is 80.7 cm³/mol. The van der Waals surface area contributed by atoms with E-state index in [0.29, 0.717) is 5.39 Å². The van der Waals surface area contributed by atoms with E-state index < -0.39 is 0 Å². The molecule has 0 bridgehead atoms. The van der Waals surface area contributed by atoms with E-state index >= 15 is 0 Å². The van der Waals surface area contributed by atoms with Crippen LogP contribution in [0.3, 0.4) is 0 Å².